The summed E-state index contributed by atoms with van der Waals surface area (Å²) in [5.41, 5.74) is 3.09. The number of hydrogen-bond donors (Lipinski definition) is 2. The van der Waals surface area contributed by atoms with Crippen LogP contribution in [0, 0.1) is 0 Å². The number of nitrogens with one attached hydrogen (secondary N) is 1. The second-order valence-corrected chi connectivity index (χ2v) is 11.3. The Kier molecular flexibility index (Phi) is 7.31. The van der Waals surface area contributed by atoms with Crippen molar-refractivity contribution in [3.8, 4) is 11.4 Å². The van der Waals surface area contributed by atoms with Crippen LogP contribution in [0.3, 0.4) is 0 Å². The summed E-state index contributed by atoms with van der Waals surface area (Å²) >= 11 is 1.09. The zero-order valence-corrected chi connectivity index (χ0v) is 21.7. The van der Waals surface area contributed by atoms with Gasteiger partial charge in [0.1, 0.15) is 0 Å². The first-order valence-electron chi connectivity index (χ1n) is 12.0. The molecule has 1 aliphatic carbocycles. The van der Waals surface area contributed by atoms with E-state index in [0.717, 1.165) is 30.8 Å². The first-order valence-corrected chi connectivity index (χ1v) is 14.3. The second kappa shape index (κ2) is 10.8. The first kappa shape index (κ1) is 25.1. The zero-order valence-electron chi connectivity index (χ0n) is 20.0. The van der Waals surface area contributed by atoms with Gasteiger partial charge in [0.2, 0.25) is 15.2 Å². The minimum atomic E-state index is -3.77. The lowest BCUT2D eigenvalue weighted by Gasteiger charge is -2.26. The quantitative estimate of drug-likeness (QED) is 0.311. The summed E-state index contributed by atoms with van der Waals surface area (Å²) in [6.45, 7) is 0.617. The molecule has 190 valence electrons. The van der Waals surface area contributed by atoms with Gasteiger partial charge >= 0.3 is 6.03 Å². The van der Waals surface area contributed by atoms with E-state index in [4.69, 9.17) is 5.14 Å². The molecule has 4 aromatic rings. The zero-order chi connectivity index (χ0) is 25.8. The minimum absolute atomic E-state index is 0.0180. The van der Waals surface area contributed by atoms with Gasteiger partial charge in [-0.25, -0.2) is 18.4 Å². The van der Waals surface area contributed by atoms with E-state index in [1.165, 1.54) is 23.3 Å². The van der Waals surface area contributed by atoms with Crippen LogP contribution in [0.15, 0.2) is 89.8 Å². The van der Waals surface area contributed by atoms with Gasteiger partial charge in [-0.15, -0.1) is 0 Å². The van der Waals surface area contributed by atoms with E-state index in [1.54, 1.807) is 12.1 Å². The molecule has 1 aromatic heterocycles. The molecule has 1 fully saturated rings. The number of nitrogens with two attached hydrogens (primary N) is 1. The highest BCUT2D eigenvalue weighted by Gasteiger charge is 2.33. The van der Waals surface area contributed by atoms with E-state index in [-0.39, 0.29) is 22.9 Å². The Labute approximate surface area is 220 Å². The molecule has 2 amide bonds. The summed E-state index contributed by atoms with van der Waals surface area (Å²) in [6, 6.07) is 26.8. The topological polar surface area (TPSA) is 118 Å². The maximum atomic E-state index is 13.3. The van der Waals surface area contributed by atoms with Crippen molar-refractivity contribution in [1.29, 1.82) is 0 Å². The summed E-state index contributed by atoms with van der Waals surface area (Å²) in [5.74, 6) is 0.595. The highest BCUT2D eigenvalue weighted by atomic mass is 32.2. The van der Waals surface area contributed by atoms with E-state index in [2.05, 4.69) is 38.9 Å². The minimum Gasteiger partial charge on any atom is -0.321 e. The van der Waals surface area contributed by atoms with Gasteiger partial charge in [0.15, 0.2) is 5.82 Å². The molecule has 0 atom stereocenters. The standard InChI is InChI=1S/C27H27N5O3S2/c28-37(34,35)23-15-11-21(12-16-23)25-29-26(36-31-25)30-27(33)32(22-13-14-22)18-17-24(19-7-3-1-4-8-19)20-9-5-2-6-10-20/h1-12,15-16,22,24H,13-14,17-18H2,(H2,28,34,35)(H,29,30,31,33). The van der Waals surface area contributed by atoms with Crippen molar-refractivity contribution in [2.75, 3.05) is 11.9 Å². The molecule has 0 spiro atoms. The maximum absolute atomic E-state index is 13.3. The molecule has 8 nitrogen and oxygen atoms in total. The van der Waals surface area contributed by atoms with Crippen LogP contribution in [0.1, 0.15) is 36.3 Å². The molecule has 0 unspecified atom stereocenters. The molecule has 1 heterocycles. The predicted molar refractivity (Wildman–Crippen MR) is 145 cm³/mol. The van der Waals surface area contributed by atoms with E-state index >= 15 is 0 Å². The third-order valence-corrected chi connectivity index (χ3v) is 7.95. The first-order chi connectivity index (χ1) is 17.9. The van der Waals surface area contributed by atoms with Crippen LogP contribution in [-0.4, -0.2) is 41.3 Å². The lowest BCUT2D eigenvalue weighted by molar-refractivity contribution is 0.207. The third kappa shape index (κ3) is 6.22. The number of hydrogen-bond acceptors (Lipinski definition) is 6. The fraction of sp³-hybridized carbons (Fsp3) is 0.222. The van der Waals surface area contributed by atoms with Gasteiger partial charge in [0, 0.05) is 35.6 Å². The Hall–Kier alpha value is -3.60. The van der Waals surface area contributed by atoms with Gasteiger partial charge in [-0.05, 0) is 54.7 Å². The lowest BCUT2D eigenvalue weighted by atomic mass is 9.88. The number of carbonyl (C=O) groups is 1. The van der Waals surface area contributed by atoms with Crippen molar-refractivity contribution in [2.24, 2.45) is 5.14 Å². The highest BCUT2D eigenvalue weighted by molar-refractivity contribution is 7.89. The fourth-order valence-corrected chi connectivity index (χ4v) is 5.44. The molecule has 1 saturated carbocycles. The molecule has 0 saturated heterocycles. The Morgan fingerprint density at radius 2 is 1.57 bits per heavy atom. The van der Waals surface area contributed by atoms with Crippen LogP contribution in [0.4, 0.5) is 9.93 Å². The lowest BCUT2D eigenvalue weighted by Crippen LogP contribution is -2.38. The Bertz CT molecular complexity index is 1420. The van der Waals surface area contributed by atoms with Crippen LogP contribution in [0.25, 0.3) is 11.4 Å². The number of anilines is 1. The summed E-state index contributed by atoms with van der Waals surface area (Å²) in [4.78, 5) is 19.6. The van der Waals surface area contributed by atoms with Crippen LogP contribution < -0.4 is 10.5 Å². The maximum Gasteiger partial charge on any atom is 0.323 e. The number of amides is 2. The van der Waals surface area contributed by atoms with Crippen molar-refractivity contribution in [3.63, 3.8) is 0 Å². The van der Waals surface area contributed by atoms with Gasteiger partial charge in [-0.2, -0.15) is 9.36 Å². The van der Waals surface area contributed by atoms with Crippen molar-refractivity contribution in [2.45, 2.75) is 36.1 Å². The number of aromatic nitrogens is 2. The predicted octanol–water partition coefficient (Wildman–Crippen LogP) is 5.07. The molecule has 0 bridgehead atoms. The van der Waals surface area contributed by atoms with Gasteiger partial charge < -0.3 is 4.90 Å². The largest absolute Gasteiger partial charge is 0.323 e. The van der Waals surface area contributed by atoms with Crippen LogP contribution in [0.2, 0.25) is 0 Å². The van der Waals surface area contributed by atoms with Crippen molar-refractivity contribution >= 4 is 32.7 Å². The fourth-order valence-electron chi connectivity index (χ4n) is 4.35. The molecule has 1 aliphatic rings. The van der Waals surface area contributed by atoms with E-state index < -0.39 is 10.0 Å². The average Bonchev–Trinajstić information content (AvgIpc) is 3.64. The molecule has 37 heavy (non-hydrogen) atoms. The molecule has 3 aromatic carbocycles. The highest BCUT2D eigenvalue weighted by Crippen LogP contribution is 2.32. The summed E-state index contributed by atoms with van der Waals surface area (Å²) in [5, 5.41) is 8.46. The summed E-state index contributed by atoms with van der Waals surface area (Å²) in [6.07, 6.45) is 2.79. The van der Waals surface area contributed by atoms with Crippen molar-refractivity contribution in [1.82, 2.24) is 14.3 Å². The smallest absolute Gasteiger partial charge is 0.321 e. The van der Waals surface area contributed by atoms with Crippen molar-refractivity contribution < 1.29 is 13.2 Å². The summed E-state index contributed by atoms with van der Waals surface area (Å²) in [7, 11) is -3.77. The number of urea groups is 1. The Morgan fingerprint density at radius 1 is 0.973 bits per heavy atom. The van der Waals surface area contributed by atoms with Gasteiger partial charge in [-0.1, -0.05) is 60.7 Å². The number of rotatable bonds is 9. The van der Waals surface area contributed by atoms with Gasteiger partial charge in [-0.3, -0.25) is 5.32 Å². The normalized spacial score (nSPS) is 13.5. The van der Waals surface area contributed by atoms with Gasteiger partial charge in [0.05, 0.1) is 4.90 Å². The van der Waals surface area contributed by atoms with Crippen LogP contribution in [-0.2, 0) is 10.0 Å². The number of nitrogens with zero attached hydrogens (tertiary/aromatic N) is 3. The molecular weight excluding hydrogens is 506 g/mol. The van der Waals surface area contributed by atoms with E-state index in [9.17, 15) is 13.2 Å². The number of carbonyl (C=O) groups excluding carboxylic acids is 1. The molecule has 10 heteroatoms. The number of sulfonamides is 1. The molecule has 3 N–H and O–H groups in total. The SMILES string of the molecule is NS(=O)(=O)c1ccc(-c2nsc(NC(=O)N(CCC(c3ccccc3)c3ccccc3)C3CC3)n2)cc1. The third-order valence-electron chi connectivity index (χ3n) is 6.39. The molecular formula is C27H27N5O3S2. The molecule has 5 rings (SSSR count). The van der Waals surface area contributed by atoms with Gasteiger partial charge in [0.25, 0.3) is 0 Å². The van der Waals surface area contributed by atoms with E-state index in [1.807, 2.05) is 41.3 Å². The Morgan fingerprint density at radius 3 is 2.11 bits per heavy atom. The van der Waals surface area contributed by atoms with E-state index in [0.29, 0.717) is 23.1 Å². The number of primary sulfonamides is 1. The average molecular weight is 534 g/mol. The monoisotopic (exact) mass is 533 g/mol. The van der Waals surface area contributed by atoms with Crippen LogP contribution >= 0.6 is 11.5 Å². The molecule has 0 radical (unpaired) electrons. The van der Waals surface area contributed by atoms with Crippen LogP contribution in [0.5, 0.6) is 0 Å². The van der Waals surface area contributed by atoms with Crippen molar-refractivity contribution in [3.05, 3.63) is 96.1 Å². The summed E-state index contributed by atoms with van der Waals surface area (Å²) < 4.78 is 27.3. The molecule has 0 aliphatic heterocycles. The number of benzene rings is 3. The second-order valence-electron chi connectivity index (χ2n) is 9.01. The Balaban J connectivity index is 1.27.